The molecule has 2 heterocycles. The lowest BCUT2D eigenvalue weighted by molar-refractivity contribution is -0.136. The van der Waals surface area contributed by atoms with Gasteiger partial charge in [0, 0.05) is 31.6 Å². The number of carbonyl (C=O) groups is 2. The molecule has 1 aliphatic heterocycles. The number of hydrogen-bond donors (Lipinski definition) is 0. The molecule has 0 N–H and O–H groups in total. The molecule has 2 aromatic carbocycles. The van der Waals surface area contributed by atoms with E-state index in [-0.39, 0.29) is 49.0 Å². The minimum absolute atomic E-state index is 0.0418. The van der Waals surface area contributed by atoms with Crippen LogP contribution in [0.15, 0.2) is 59.1 Å². The van der Waals surface area contributed by atoms with Gasteiger partial charge in [-0.25, -0.2) is 4.39 Å². The maximum absolute atomic E-state index is 13.1. The van der Waals surface area contributed by atoms with Crippen LogP contribution in [-0.2, 0) is 16.2 Å². The van der Waals surface area contributed by atoms with Crippen molar-refractivity contribution in [2.45, 2.75) is 51.7 Å². The zero-order valence-electron chi connectivity index (χ0n) is 19.7. The first-order valence-electron chi connectivity index (χ1n) is 11.9. The number of halogens is 1. The van der Waals surface area contributed by atoms with Crippen LogP contribution < -0.4 is 9.64 Å². The summed E-state index contributed by atoms with van der Waals surface area (Å²) in [4.78, 5) is 33.8. The highest BCUT2D eigenvalue weighted by atomic mass is 19.1. The van der Waals surface area contributed by atoms with Crippen molar-refractivity contribution in [3.05, 3.63) is 72.1 Å². The molecule has 0 radical (unpaired) electrons. The molecule has 1 aliphatic rings. The van der Waals surface area contributed by atoms with Crippen molar-refractivity contribution >= 4 is 17.5 Å². The molecule has 2 amide bonds. The van der Waals surface area contributed by atoms with Crippen LogP contribution in [0.3, 0.4) is 0 Å². The van der Waals surface area contributed by atoms with Gasteiger partial charge in [0.25, 0.3) is 5.89 Å². The maximum atomic E-state index is 13.1. The quantitative estimate of drug-likeness (QED) is 0.442. The Morgan fingerprint density at radius 2 is 1.89 bits per heavy atom. The number of likely N-dealkylation sites (tertiary alicyclic amines) is 1. The van der Waals surface area contributed by atoms with Crippen LogP contribution in [0.2, 0.25) is 0 Å². The van der Waals surface area contributed by atoms with E-state index in [1.54, 1.807) is 9.80 Å². The summed E-state index contributed by atoms with van der Waals surface area (Å²) >= 11 is 0. The van der Waals surface area contributed by atoms with Gasteiger partial charge in [-0.05, 0) is 62.6 Å². The second-order valence-corrected chi connectivity index (χ2v) is 8.36. The van der Waals surface area contributed by atoms with Gasteiger partial charge in [0.2, 0.25) is 11.8 Å². The third-order valence-corrected chi connectivity index (χ3v) is 6.02. The van der Waals surface area contributed by atoms with Crippen LogP contribution in [0.4, 0.5) is 10.1 Å². The molecule has 4 rings (SSSR count). The highest BCUT2D eigenvalue weighted by molar-refractivity contribution is 5.95. The number of anilines is 1. The predicted molar refractivity (Wildman–Crippen MR) is 127 cm³/mol. The Bertz CT molecular complexity index is 1120. The van der Waals surface area contributed by atoms with E-state index in [0.29, 0.717) is 24.7 Å². The van der Waals surface area contributed by atoms with Crippen molar-refractivity contribution < 1.29 is 23.2 Å². The molecule has 1 saturated heterocycles. The number of carbonyl (C=O) groups excluding carboxylic acids is 2. The van der Waals surface area contributed by atoms with Gasteiger partial charge in [-0.2, -0.15) is 4.98 Å². The molecule has 184 valence electrons. The number of aromatic nitrogens is 2. The van der Waals surface area contributed by atoms with E-state index in [2.05, 4.69) is 10.1 Å². The van der Waals surface area contributed by atoms with Crippen molar-refractivity contribution in [1.82, 2.24) is 15.0 Å². The summed E-state index contributed by atoms with van der Waals surface area (Å²) in [6.45, 7) is 3.08. The van der Waals surface area contributed by atoms with Gasteiger partial charge >= 0.3 is 0 Å². The fourth-order valence-corrected chi connectivity index (χ4v) is 4.24. The number of piperidine rings is 1. The molecule has 0 saturated carbocycles. The Morgan fingerprint density at radius 1 is 1.11 bits per heavy atom. The monoisotopic (exact) mass is 480 g/mol. The number of benzene rings is 2. The maximum Gasteiger partial charge on any atom is 0.264 e. The van der Waals surface area contributed by atoms with E-state index in [1.165, 1.54) is 24.3 Å². The van der Waals surface area contributed by atoms with Crippen molar-refractivity contribution in [3.8, 4) is 5.75 Å². The third kappa shape index (κ3) is 6.23. The minimum atomic E-state index is -0.344. The van der Waals surface area contributed by atoms with Crippen LogP contribution in [0.5, 0.6) is 5.75 Å². The molecule has 0 bridgehead atoms. The van der Waals surface area contributed by atoms with Gasteiger partial charge in [-0.3, -0.25) is 9.59 Å². The topological polar surface area (TPSA) is 88.8 Å². The highest BCUT2D eigenvalue weighted by Gasteiger charge is 2.32. The van der Waals surface area contributed by atoms with Gasteiger partial charge < -0.3 is 19.1 Å². The average molecular weight is 481 g/mol. The Balaban J connectivity index is 1.35. The Labute approximate surface area is 203 Å². The molecule has 35 heavy (non-hydrogen) atoms. The first-order valence-corrected chi connectivity index (χ1v) is 11.9. The summed E-state index contributed by atoms with van der Waals surface area (Å²) in [5, 5.41) is 4.08. The normalized spacial score (nSPS) is 15.6. The number of para-hydroxylation sites is 1. The number of hydrogen-bond acceptors (Lipinski definition) is 6. The number of rotatable bonds is 9. The lowest BCUT2D eigenvalue weighted by Gasteiger charge is -2.34. The molecule has 1 unspecified atom stereocenters. The van der Waals surface area contributed by atoms with E-state index in [9.17, 15) is 14.0 Å². The third-order valence-electron chi connectivity index (χ3n) is 6.02. The zero-order valence-corrected chi connectivity index (χ0v) is 19.7. The van der Waals surface area contributed by atoms with Crippen LogP contribution >= 0.6 is 0 Å². The van der Waals surface area contributed by atoms with Gasteiger partial charge in [-0.1, -0.05) is 23.4 Å². The van der Waals surface area contributed by atoms with Crippen LogP contribution in [0, 0.1) is 5.82 Å². The SMILES string of the molecule is CCN(C(=O)CCC(=O)N1CCCCC1c1noc(COc2ccc(F)cc2)n1)c1ccccc1. The van der Waals surface area contributed by atoms with E-state index >= 15 is 0 Å². The standard InChI is InChI=1S/C26H29FN4O4/c1-2-30(20-8-4-3-5-9-20)24(32)15-16-25(33)31-17-7-6-10-22(31)26-28-23(35-29-26)18-34-21-13-11-19(27)12-14-21/h3-5,8-9,11-14,22H,2,6-7,10,15-18H2,1H3. The summed E-state index contributed by atoms with van der Waals surface area (Å²) < 4.78 is 23.9. The summed E-state index contributed by atoms with van der Waals surface area (Å²) in [5.74, 6) is 0.674. The van der Waals surface area contributed by atoms with Crippen LogP contribution in [0.25, 0.3) is 0 Å². The molecule has 0 aliphatic carbocycles. The molecular formula is C26H29FN4O4. The average Bonchev–Trinajstić information content (AvgIpc) is 3.37. The first-order chi connectivity index (χ1) is 17.0. The first kappa shape index (κ1) is 24.4. The van der Waals surface area contributed by atoms with Gasteiger partial charge in [-0.15, -0.1) is 0 Å². The largest absolute Gasteiger partial charge is 0.484 e. The molecule has 8 nitrogen and oxygen atoms in total. The lowest BCUT2D eigenvalue weighted by atomic mass is 10.0. The second kappa shape index (κ2) is 11.6. The van der Waals surface area contributed by atoms with Gasteiger partial charge in [0.1, 0.15) is 11.6 Å². The molecular weight excluding hydrogens is 451 g/mol. The van der Waals surface area contributed by atoms with Crippen LogP contribution in [0.1, 0.15) is 56.8 Å². The van der Waals surface area contributed by atoms with Gasteiger partial charge in [0.05, 0.1) is 6.04 Å². The number of amides is 2. The van der Waals surface area contributed by atoms with E-state index in [1.807, 2.05) is 37.3 Å². The Hall–Kier alpha value is -3.75. The summed E-state index contributed by atoms with van der Waals surface area (Å²) in [6, 6.07) is 14.8. The Morgan fingerprint density at radius 3 is 2.63 bits per heavy atom. The fraction of sp³-hybridized carbons (Fsp3) is 0.385. The van der Waals surface area contributed by atoms with E-state index < -0.39 is 0 Å². The fourth-order valence-electron chi connectivity index (χ4n) is 4.24. The molecule has 1 aromatic heterocycles. The summed E-state index contributed by atoms with van der Waals surface area (Å²) in [6.07, 6.45) is 2.81. The number of ether oxygens (including phenoxy) is 1. The molecule has 3 aromatic rings. The molecule has 0 spiro atoms. The van der Waals surface area contributed by atoms with Crippen molar-refractivity contribution in [3.63, 3.8) is 0 Å². The summed E-state index contributed by atoms with van der Waals surface area (Å²) in [5.41, 5.74) is 0.825. The van der Waals surface area contributed by atoms with Crippen molar-refractivity contribution in [2.24, 2.45) is 0 Å². The molecule has 9 heteroatoms. The zero-order chi connectivity index (χ0) is 24.6. The minimum Gasteiger partial charge on any atom is -0.484 e. The smallest absolute Gasteiger partial charge is 0.264 e. The molecule has 1 fully saturated rings. The predicted octanol–water partition coefficient (Wildman–Crippen LogP) is 4.67. The Kier molecular flexibility index (Phi) is 8.07. The lowest BCUT2D eigenvalue weighted by Crippen LogP contribution is -2.40. The molecule has 1 atom stereocenters. The number of nitrogens with zero attached hydrogens (tertiary/aromatic N) is 4. The van der Waals surface area contributed by atoms with E-state index in [4.69, 9.17) is 9.26 Å². The van der Waals surface area contributed by atoms with Crippen LogP contribution in [-0.4, -0.2) is 39.9 Å². The summed E-state index contributed by atoms with van der Waals surface area (Å²) in [7, 11) is 0. The second-order valence-electron chi connectivity index (χ2n) is 8.36. The van der Waals surface area contributed by atoms with E-state index in [0.717, 1.165) is 24.9 Å². The van der Waals surface area contributed by atoms with Crippen molar-refractivity contribution in [1.29, 1.82) is 0 Å². The van der Waals surface area contributed by atoms with Crippen molar-refractivity contribution in [2.75, 3.05) is 18.0 Å². The highest BCUT2D eigenvalue weighted by Crippen LogP contribution is 2.30. The van der Waals surface area contributed by atoms with Gasteiger partial charge in [0.15, 0.2) is 12.4 Å².